The molecule has 0 bridgehead atoms. The Hall–Kier alpha value is -2.86. The van der Waals surface area contributed by atoms with Gasteiger partial charge in [0.15, 0.2) is 0 Å². The third-order valence-corrected chi connectivity index (χ3v) is 5.34. The summed E-state index contributed by atoms with van der Waals surface area (Å²) in [5.41, 5.74) is 1.42. The SMILES string of the molecule is O=C1N=c2cccc(OCCN3CCC(Cc4ccccc4)CC3)c2=NC1=O. The van der Waals surface area contributed by atoms with E-state index in [1.54, 1.807) is 18.2 Å². The number of nitrogens with zero attached hydrogens (tertiary/aromatic N) is 3. The van der Waals surface area contributed by atoms with Gasteiger partial charge in [-0.1, -0.05) is 36.4 Å². The Bertz CT molecular complexity index is 980. The fourth-order valence-corrected chi connectivity index (χ4v) is 3.78. The molecular weight excluding hydrogens is 354 g/mol. The van der Waals surface area contributed by atoms with E-state index in [1.807, 2.05) is 0 Å². The van der Waals surface area contributed by atoms with E-state index < -0.39 is 11.8 Å². The predicted octanol–water partition coefficient (Wildman–Crippen LogP) is 1.33. The van der Waals surface area contributed by atoms with Crippen LogP contribution in [0.15, 0.2) is 58.5 Å². The molecule has 0 unspecified atom stereocenters. The van der Waals surface area contributed by atoms with Gasteiger partial charge in [-0.25, -0.2) is 4.99 Å². The molecule has 6 nitrogen and oxygen atoms in total. The van der Waals surface area contributed by atoms with Gasteiger partial charge >= 0.3 is 11.8 Å². The highest BCUT2D eigenvalue weighted by Gasteiger charge is 2.20. The van der Waals surface area contributed by atoms with Crippen molar-refractivity contribution < 1.29 is 14.3 Å². The average molecular weight is 377 g/mol. The van der Waals surface area contributed by atoms with Crippen LogP contribution in [0.1, 0.15) is 18.4 Å². The molecule has 4 rings (SSSR count). The zero-order valence-corrected chi connectivity index (χ0v) is 15.7. The van der Waals surface area contributed by atoms with Gasteiger partial charge in [-0.3, -0.25) is 14.5 Å². The van der Waals surface area contributed by atoms with E-state index in [-0.39, 0.29) is 0 Å². The van der Waals surface area contributed by atoms with Gasteiger partial charge in [0.1, 0.15) is 17.7 Å². The topological polar surface area (TPSA) is 71.3 Å². The normalized spacial score (nSPS) is 17.6. The number of fused-ring (bicyclic) bond motifs is 1. The second kappa shape index (κ2) is 8.44. The van der Waals surface area contributed by atoms with Crippen molar-refractivity contribution in [2.45, 2.75) is 19.3 Å². The molecule has 2 heterocycles. The van der Waals surface area contributed by atoms with Gasteiger partial charge in [-0.05, 0) is 56.0 Å². The Morgan fingerprint density at radius 1 is 0.929 bits per heavy atom. The van der Waals surface area contributed by atoms with E-state index in [0.717, 1.165) is 32.0 Å². The standard InChI is InChI=1S/C22H23N3O3/c26-21-22(27)24-20-18(23-21)7-4-8-19(20)28-14-13-25-11-9-17(10-12-25)15-16-5-2-1-3-6-16/h1-8,17H,9-15H2. The number of carbonyl (C=O) groups is 2. The molecule has 0 atom stereocenters. The molecule has 0 radical (unpaired) electrons. The molecule has 2 aliphatic rings. The van der Waals surface area contributed by atoms with E-state index in [4.69, 9.17) is 4.74 Å². The number of carbonyl (C=O) groups excluding carboxylic acids is 2. The highest BCUT2D eigenvalue weighted by Crippen LogP contribution is 2.21. The van der Waals surface area contributed by atoms with Crippen molar-refractivity contribution in [2.75, 3.05) is 26.2 Å². The van der Waals surface area contributed by atoms with Crippen LogP contribution in [0, 0.1) is 5.92 Å². The third-order valence-electron chi connectivity index (χ3n) is 5.34. The van der Waals surface area contributed by atoms with Gasteiger partial charge < -0.3 is 4.74 Å². The largest absolute Gasteiger partial charge is 0.490 e. The molecule has 1 fully saturated rings. The molecule has 2 amide bonds. The molecule has 2 aromatic carbocycles. The first-order chi connectivity index (χ1) is 13.7. The summed E-state index contributed by atoms with van der Waals surface area (Å²) in [6.45, 7) is 3.48. The maximum Gasteiger partial charge on any atom is 0.338 e. The monoisotopic (exact) mass is 377 g/mol. The summed E-state index contributed by atoms with van der Waals surface area (Å²) in [5, 5.41) is 0.748. The van der Waals surface area contributed by atoms with Crippen LogP contribution in [-0.4, -0.2) is 43.0 Å². The molecule has 0 N–H and O–H groups in total. The zero-order chi connectivity index (χ0) is 19.3. The summed E-state index contributed by atoms with van der Waals surface area (Å²) in [7, 11) is 0. The number of para-hydroxylation sites is 1. The maximum absolute atomic E-state index is 11.5. The number of rotatable bonds is 6. The molecule has 2 aromatic rings. The summed E-state index contributed by atoms with van der Waals surface area (Å²) < 4.78 is 5.85. The Kier molecular flexibility index (Phi) is 5.58. The first-order valence-corrected chi connectivity index (χ1v) is 9.73. The van der Waals surface area contributed by atoms with E-state index >= 15 is 0 Å². The molecular formula is C22H23N3O3. The number of ether oxygens (including phenoxy) is 1. The van der Waals surface area contributed by atoms with Crippen LogP contribution in [0.2, 0.25) is 0 Å². The second-order valence-corrected chi connectivity index (χ2v) is 7.28. The van der Waals surface area contributed by atoms with Crippen molar-refractivity contribution in [2.24, 2.45) is 15.9 Å². The van der Waals surface area contributed by atoms with Crippen molar-refractivity contribution in [3.05, 3.63) is 64.8 Å². The summed E-state index contributed by atoms with van der Waals surface area (Å²) in [5.74, 6) is -0.433. The lowest BCUT2D eigenvalue weighted by Crippen LogP contribution is -2.38. The third kappa shape index (κ3) is 4.34. The molecule has 0 aliphatic carbocycles. The van der Waals surface area contributed by atoms with Crippen LogP contribution >= 0.6 is 0 Å². The van der Waals surface area contributed by atoms with Crippen LogP contribution in [-0.2, 0) is 16.0 Å². The fourth-order valence-electron chi connectivity index (χ4n) is 3.78. The number of piperidine rings is 1. The minimum absolute atomic E-state index is 0.355. The molecule has 0 saturated carbocycles. The lowest BCUT2D eigenvalue weighted by Gasteiger charge is -2.31. The highest BCUT2D eigenvalue weighted by atomic mass is 16.5. The van der Waals surface area contributed by atoms with Gasteiger partial charge in [-0.2, -0.15) is 4.99 Å². The lowest BCUT2D eigenvalue weighted by atomic mass is 9.90. The number of benzene rings is 2. The molecule has 0 aromatic heterocycles. The summed E-state index contributed by atoms with van der Waals surface area (Å²) in [6.07, 6.45) is 3.54. The minimum Gasteiger partial charge on any atom is -0.490 e. The van der Waals surface area contributed by atoms with Crippen LogP contribution in [0.5, 0.6) is 5.75 Å². The van der Waals surface area contributed by atoms with Crippen molar-refractivity contribution in [3.63, 3.8) is 0 Å². The van der Waals surface area contributed by atoms with E-state index in [9.17, 15) is 9.59 Å². The molecule has 2 aliphatic heterocycles. The number of hydrogen-bond donors (Lipinski definition) is 0. The van der Waals surface area contributed by atoms with E-state index in [0.29, 0.717) is 23.1 Å². The van der Waals surface area contributed by atoms with E-state index in [2.05, 4.69) is 45.2 Å². The van der Waals surface area contributed by atoms with Crippen molar-refractivity contribution >= 4 is 11.8 Å². The quantitative estimate of drug-likeness (QED) is 0.712. The first kappa shape index (κ1) is 18.5. The van der Waals surface area contributed by atoms with Crippen LogP contribution < -0.4 is 15.5 Å². The average Bonchev–Trinajstić information content (AvgIpc) is 2.71. The molecule has 144 valence electrons. The van der Waals surface area contributed by atoms with Gasteiger partial charge in [0.2, 0.25) is 0 Å². The summed E-state index contributed by atoms with van der Waals surface area (Å²) in [4.78, 5) is 32.9. The Morgan fingerprint density at radius 3 is 2.46 bits per heavy atom. The van der Waals surface area contributed by atoms with Gasteiger partial charge in [0, 0.05) is 6.54 Å². The van der Waals surface area contributed by atoms with Gasteiger partial charge in [-0.15, -0.1) is 0 Å². The van der Waals surface area contributed by atoms with Crippen LogP contribution in [0.25, 0.3) is 0 Å². The smallest absolute Gasteiger partial charge is 0.338 e. The maximum atomic E-state index is 11.5. The summed E-state index contributed by atoms with van der Waals surface area (Å²) >= 11 is 0. The van der Waals surface area contributed by atoms with Crippen molar-refractivity contribution in [1.82, 2.24) is 4.90 Å². The van der Waals surface area contributed by atoms with Crippen LogP contribution in [0.4, 0.5) is 0 Å². The summed E-state index contributed by atoms with van der Waals surface area (Å²) in [6, 6.07) is 15.9. The predicted molar refractivity (Wildman–Crippen MR) is 104 cm³/mol. The number of hydrogen-bond acceptors (Lipinski definition) is 4. The first-order valence-electron chi connectivity index (χ1n) is 9.73. The minimum atomic E-state index is -0.843. The zero-order valence-electron chi connectivity index (χ0n) is 15.7. The Balaban J connectivity index is 1.28. The molecule has 28 heavy (non-hydrogen) atoms. The van der Waals surface area contributed by atoms with Crippen molar-refractivity contribution in [3.8, 4) is 5.75 Å². The number of amides is 2. The Labute approximate surface area is 163 Å². The highest BCUT2D eigenvalue weighted by molar-refractivity contribution is 6.36. The molecule has 0 spiro atoms. The lowest BCUT2D eigenvalue weighted by molar-refractivity contribution is -0.135. The Morgan fingerprint density at radius 2 is 1.68 bits per heavy atom. The molecule has 6 heteroatoms. The van der Waals surface area contributed by atoms with Crippen LogP contribution in [0.3, 0.4) is 0 Å². The van der Waals surface area contributed by atoms with Gasteiger partial charge in [0.25, 0.3) is 0 Å². The molecule has 1 saturated heterocycles. The van der Waals surface area contributed by atoms with Crippen molar-refractivity contribution in [1.29, 1.82) is 0 Å². The van der Waals surface area contributed by atoms with E-state index in [1.165, 1.54) is 18.4 Å². The fraction of sp³-hybridized carbons (Fsp3) is 0.364. The second-order valence-electron chi connectivity index (χ2n) is 7.28. The van der Waals surface area contributed by atoms with Gasteiger partial charge in [0.05, 0.1) is 5.36 Å². The number of likely N-dealkylation sites (tertiary alicyclic amines) is 1.